The number of rotatable bonds is 7. The Bertz CT molecular complexity index is 448. The normalized spacial score (nSPS) is 12.8. The van der Waals surface area contributed by atoms with E-state index in [2.05, 4.69) is 59.5 Å². The maximum Gasteiger partial charge on any atom is 0.107 e. The van der Waals surface area contributed by atoms with Crippen LogP contribution >= 0.6 is 0 Å². The zero-order valence-electron chi connectivity index (χ0n) is 11.8. The molecular weight excluding hydrogens is 234 g/mol. The van der Waals surface area contributed by atoms with Gasteiger partial charge in [-0.25, -0.2) is 4.98 Å². The molecule has 1 atom stereocenters. The zero-order chi connectivity index (χ0) is 13.5. The number of imidazole rings is 1. The van der Waals surface area contributed by atoms with Gasteiger partial charge in [0.15, 0.2) is 0 Å². The third-order valence-electron chi connectivity index (χ3n) is 3.49. The second kappa shape index (κ2) is 7.10. The van der Waals surface area contributed by atoms with Gasteiger partial charge in [-0.2, -0.15) is 0 Å². The minimum Gasteiger partial charge on any atom is -0.349 e. The van der Waals surface area contributed by atoms with Gasteiger partial charge in [0.1, 0.15) is 5.82 Å². The van der Waals surface area contributed by atoms with Crippen LogP contribution in [-0.4, -0.2) is 23.1 Å². The van der Waals surface area contributed by atoms with E-state index >= 15 is 0 Å². The Labute approximate surface area is 115 Å². The number of aromatic amines is 1. The van der Waals surface area contributed by atoms with E-state index in [0.717, 1.165) is 25.3 Å². The van der Waals surface area contributed by atoms with Crippen LogP contribution in [0.25, 0.3) is 0 Å². The minimum absolute atomic E-state index is 0.567. The van der Waals surface area contributed by atoms with Crippen LogP contribution in [0.5, 0.6) is 0 Å². The molecule has 2 rings (SSSR count). The summed E-state index contributed by atoms with van der Waals surface area (Å²) < 4.78 is 0. The van der Waals surface area contributed by atoms with E-state index in [9.17, 15) is 0 Å². The lowest BCUT2D eigenvalue weighted by Gasteiger charge is -2.21. The van der Waals surface area contributed by atoms with Crippen LogP contribution in [0.15, 0.2) is 42.7 Å². The summed E-state index contributed by atoms with van der Waals surface area (Å²) in [6, 6.07) is 10.8. The lowest BCUT2D eigenvalue weighted by Crippen LogP contribution is -2.26. The Balaban J connectivity index is 1.81. The summed E-state index contributed by atoms with van der Waals surface area (Å²) in [7, 11) is 0. The second-order valence-electron chi connectivity index (χ2n) is 5.25. The third kappa shape index (κ3) is 4.21. The van der Waals surface area contributed by atoms with Gasteiger partial charge in [-0.05, 0) is 17.4 Å². The molecule has 0 amide bonds. The van der Waals surface area contributed by atoms with E-state index in [0.29, 0.717) is 11.8 Å². The Kier molecular flexibility index (Phi) is 5.16. The van der Waals surface area contributed by atoms with Gasteiger partial charge in [0, 0.05) is 31.9 Å². The van der Waals surface area contributed by atoms with Gasteiger partial charge < -0.3 is 10.3 Å². The van der Waals surface area contributed by atoms with Gasteiger partial charge in [-0.3, -0.25) is 0 Å². The number of benzene rings is 1. The Morgan fingerprint density at radius 3 is 2.63 bits per heavy atom. The monoisotopic (exact) mass is 257 g/mol. The van der Waals surface area contributed by atoms with E-state index in [4.69, 9.17) is 0 Å². The predicted molar refractivity (Wildman–Crippen MR) is 79.2 cm³/mol. The van der Waals surface area contributed by atoms with Gasteiger partial charge in [0.25, 0.3) is 0 Å². The topological polar surface area (TPSA) is 40.7 Å². The molecule has 0 aliphatic rings. The number of hydrogen-bond acceptors (Lipinski definition) is 2. The highest BCUT2D eigenvalue weighted by Crippen LogP contribution is 2.23. The Morgan fingerprint density at radius 1 is 1.21 bits per heavy atom. The van der Waals surface area contributed by atoms with Crippen LogP contribution in [0.2, 0.25) is 0 Å². The van der Waals surface area contributed by atoms with Crippen LogP contribution in [0.1, 0.15) is 31.2 Å². The van der Waals surface area contributed by atoms with Gasteiger partial charge in [0.2, 0.25) is 0 Å². The fraction of sp³-hybridized carbons (Fsp3) is 0.438. The van der Waals surface area contributed by atoms with Crippen molar-refractivity contribution in [3.8, 4) is 0 Å². The number of H-pyrrole nitrogens is 1. The lowest BCUT2D eigenvalue weighted by molar-refractivity contribution is 0.462. The summed E-state index contributed by atoms with van der Waals surface area (Å²) in [4.78, 5) is 7.36. The maximum absolute atomic E-state index is 4.23. The van der Waals surface area contributed by atoms with Crippen LogP contribution in [0, 0.1) is 5.92 Å². The van der Waals surface area contributed by atoms with Crippen molar-refractivity contribution in [1.82, 2.24) is 15.3 Å². The summed E-state index contributed by atoms with van der Waals surface area (Å²) >= 11 is 0. The third-order valence-corrected chi connectivity index (χ3v) is 3.49. The largest absolute Gasteiger partial charge is 0.349 e. The molecular formula is C16H23N3. The highest BCUT2D eigenvalue weighted by molar-refractivity contribution is 5.20. The van der Waals surface area contributed by atoms with Crippen molar-refractivity contribution in [3.63, 3.8) is 0 Å². The van der Waals surface area contributed by atoms with Crippen molar-refractivity contribution in [2.45, 2.75) is 26.2 Å². The van der Waals surface area contributed by atoms with E-state index in [1.54, 1.807) is 6.20 Å². The minimum atomic E-state index is 0.567. The summed E-state index contributed by atoms with van der Waals surface area (Å²) in [5, 5.41) is 3.54. The first-order valence-electron chi connectivity index (χ1n) is 7.01. The van der Waals surface area contributed by atoms with Gasteiger partial charge in [-0.15, -0.1) is 0 Å². The first kappa shape index (κ1) is 13.8. The molecule has 0 saturated carbocycles. The van der Waals surface area contributed by atoms with E-state index < -0.39 is 0 Å². The highest BCUT2D eigenvalue weighted by Gasteiger charge is 2.14. The quantitative estimate of drug-likeness (QED) is 0.749. The van der Waals surface area contributed by atoms with Crippen molar-refractivity contribution in [3.05, 3.63) is 54.1 Å². The molecule has 0 saturated heterocycles. The van der Waals surface area contributed by atoms with E-state index in [1.807, 2.05) is 6.20 Å². The van der Waals surface area contributed by atoms with Crippen molar-refractivity contribution in [1.29, 1.82) is 0 Å². The number of hydrogen-bond donors (Lipinski definition) is 2. The molecule has 102 valence electrons. The van der Waals surface area contributed by atoms with Gasteiger partial charge >= 0.3 is 0 Å². The van der Waals surface area contributed by atoms with Crippen LogP contribution in [-0.2, 0) is 6.42 Å². The Hall–Kier alpha value is -1.61. The summed E-state index contributed by atoms with van der Waals surface area (Å²) in [6.45, 7) is 6.55. The molecule has 0 spiro atoms. The second-order valence-corrected chi connectivity index (χ2v) is 5.25. The average Bonchev–Trinajstić information content (AvgIpc) is 2.92. The fourth-order valence-corrected chi connectivity index (χ4v) is 2.34. The molecule has 1 aromatic carbocycles. The smallest absolute Gasteiger partial charge is 0.107 e. The highest BCUT2D eigenvalue weighted by atomic mass is 14.9. The number of nitrogens with zero attached hydrogens (tertiary/aromatic N) is 1. The SMILES string of the molecule is CC(C)C(CNCCc1ncc[nH]1)c1ccccc1. The van der Waals surface area contributed by atoms with Crippen LogP contribution in [0.4, 0.5) is 0 Å². The standard InChI is InChI=1S/C16H23N3/c1-13(2)15(14-6-4-3-5-7-14)12-17-9-8-16-18-10-11-19-16/h3-7,10-11,13,15,17H,8-9,12H2,1-2H3,(H,18,19). The van der Waals surface area contributed by atoms with Crippen molar-refractivity contribution >= 4 is 0 Å². The van der Waals surface area contributed by atoms with Gasteiger partial charge in [0.05, 0.1) is 0 Å². The first-order valence-corrected chi connectivity index (χ1v) is 7.01. The molecule has 0 radical (unpaired) electrons. The van der Waals surface area contributed by atoms with Crippen molar-refractivity contribution in [2.75, 3.05) is 13.1 Å². The molecule has 3 heteroatoms. The zero-order valence-corrected chi connectivity index (χ0v) is 11.8. The molecule has 0 aliphatic heterocycles. The fourth-order valence-electron chi connectivity index (χ4n) is 2.34. The molecule has 3 nitrogen and oxygen atoms in total. The van der Waals surface area contributed by atoms with Gasteiger partial charge in [-0.1, -0.05) is 44.2 Å². The average molecular weight is 257 g/mol. The van der Waals surface area contributed by atoms with E-state index in [-0.39, 0.29) is 0 Å². The molecule has 1 unspecified atom stereocenters. The lowest BCUT2D eigenvalue weighted by atomic mass is 9.88. The van der Waals surface area contributed by atoms with Crippen molar-refractivity contribution in [2.24, 2.45) is 5.92 Å². The number of nitrogens with one attached hydrogen (secondary N) is 2. The molecule has 1 heterocycles. The first-order chi connectivity index (χ1) is 9.27. The summed E-state index contributed by atoms with van der Waals surface area (Å²) in [5.74, 6) is 2.25. The molecule has 1 aromatic heterocycles. The van der Waals surface area contributed by atoms with Crippen LogP contribution < -0.4 is 5.32 Å². The molecule has 19 heavy (non-hydrogen) atoms. The van der Waals surface area contributed by atoms with E-state index in [1.165, 1.54) is 5.56 Å². The predicted octanol–water partition coefficient (Wildman–Crippen LogP) is 2.98. The Morgan fingerprint density at radius 2 is 2.00 bits per heavy atom. The number of aromatic nitrogens is 2. The molecule has 2 N–H and O–H groups in total. The molecule has 2 aromatic rings. The summed E-state index contributed by atoms with van der Waals surface area (Å²) in [5.41, 5.74) is 1.42. The molecule has 0 aliphatic carbocycles. The molecule has 0 bridgehead atoms. The molecule has 0 fully saturated rings. The van der Waals surface area contributed by atoms with Crippen molar-refractivity contribution < 1.29 is 0 Å². The maximum atomic E-state index is 4.23. The summed E-state index contributed by atoms with van der Waals surface area (Å²) in [6.07, 6.45) is 4.62. The van der Waals surface area contributed by atoms with Crippen LogP contribution in [0.3, 0.4) is 0 Å².